The van der Waals surface area contributed by atoms with Crippen molar-refractivity contribution in [1.29, 1.82) is 0 Å². The fraction of sp³-hybridized carbons (Fsp3) is 0.267. The van der Waals surface area contributed by atoms with Gasteiger partial charge in [0.1, 0.15) is 5.75 Å². The second kappa shape index (κ2) is 6.17. The third-order valence-corrected chi connectivity index (χ3v) is 2.68. The van der Waals surface area contributed by atoms with E-state index in [9.17, 15) is 0 Å². The predicted octanol–water partition coefficient (Wildman–Crippen LogP) is 3.29. The number of nitrogens with zero attached hydrogens (tertiary/aromatic N) is 1. The highest BCUT2D eigenvalue weighted by atomic mass is 16.5. The van der Waals surface area contributed by atoms with Gasteiger partial charge < -0.3 is 10.1 Å². The lowest BCUT2D eigenvalue weighted by molar-refractivity contribution is 0.459. The van der Waals surface area contributed by atoms with E-state index in [1.807, 2.05) is 49.5 Å². The largest absolute Gasteiger partial charge is 0.439 e. The minimum Gasteiger partial charge on any atom is -0.439 e. The second-order valence-electron chi connectivity index (χ2n) is 4.15. The van der Waals surface area contributed by atoms with Crippen molar-refractivity contribution in [2.45, 2.75) is 20.4 Å². The van der Waals surface area contributed by atoms with E-state index in [-0.39, 0.29) is 0 Å². The predicted molar refractivity (Wildman–Crippen MR) is 72.9 cm³/mol. The average Bonchev–Trinajstić information content (AvgIpc) is 2.41. The van der Waals surface area contributed by atoms with Gasteiger partial charge in [0.15, 0.2) is 0 Å². The van der Waals surface area contributed by atoms with Gasteiger partial charge in [-0.1, -0.05) is 31.2 Å². The molecule has 1 N–H and O–H groups in total. The van der Waals surface area contributed by atoms with Crippen LogP contribution < -0.4 is 10.1 Å². The molecule has 0 aliphatic rings. The number of aryl methyl sites for hydroxylation is 1. The number of nitrogens with one attached hydrogen (secondary N) is 1. The van der Waals surface area contributed by atoms with Gasteiger partial charge in [-0.3, -0.25) is 0 Å². The molecule has 0 aliphatic heterocycles. The van der Waals surface area contributed by atoms with Crippen molar-refractivity contribution >= 4 is 0 Å². The summed E-state index contributed by atoms with van der Waals surface area (Å²) < 4.78 is 5.74. The topological polar surface area (TPSA) is 34.1 Å². The number of ether oxygens (including phenoxy) is 1. The van der Waals surface area contributed by atoms with Crippen LogP contribution in [0.2, 0.25) is 0 Å². The lowest BCUT2D eigenvalue weighted by Crippen LogP contribution is -2.11. The highest BCUT2D eigenvalue weighted by Gasteiger charge is 2.01. The van der Waals surface area contributed by atoms with E-state index in [1.165, 1.54) is 0 Å². The zero-order chi connectivity index (χ0) is 12.8. The Balaban J connectivity index is 2.04. The molecule has 0 spiro atoms. The van der Waals surface area contributed by atoms with Crippen LogP contribution in [0.1, 0.15) is 18.1 Å². The summed E-state index contributed by atoms with van der Waals surface area (Å²) in [6, 6.07) is 11.9. The van der Waals surface area contributed by atoms with Crippen molar-refractivity contribution in [1.82, 2.24) is 10.3 Å². The van der Waals surface area contributed by atoms with Crippen LogP contribution in [0.25, 0.3) is 0 Å². The van der Waals surface area contributed by atoms with E-state index in [0.717, 1.165) is 30.0 Å². The molecule has 1 heterocycles. The van der Waals surface area contributed by atoms with Gasteiger partial charge in [-0.2, -0.15) is 0 Å². The molecule has 18 heavy (non-hydrogen) atoms. The molecular weight excluding hydrogens is 224 g/mol. The zero-order valence-corrected chi connectivity index (χ0v) is 10.8. The summed E-state index contributed by atoms with van der Waals surface area (Å²) >= 11 is 0. The first kappa shape index (κ1) is 12.6. The molecule has 0 fully saturated rings. The Morgan fingerprint density at radius 3 is 2.67 bits per heavy atom. The Morgan fingerprint density at radius 2 is 2.00 bits per heavy atom. The second-order valence-corrected chi connectivity index (χ2v) is 4.15. The van der Waals surface area contributed by atoms with Gasteiger partial charge in [-0.05, 0) is 30.7 Å². The number of hydrogen-bond acceptors (Lipinski definition) is 3. The van der Waals surface area contributed by atoms with Gasteiger partial charge in [0.05, 0.1) is 0 Å². The molecule has 3 nitrogen and oxygen atoms in total. The van der Waals surface area contributed by atoms with E-state index >= 15 is 0 Å². The Morgan fingerprint density at radius 1 is 1.17 bits per heavy atom. The number of rotatable bonds is 5. The molecule has 3 heteroatoms. The maximum Gasteiger partial charge on any atom is 0.219 e. The summed E-state index contributed by atoms with van der Waals surface area (Å²) in [5, 5.41) is 3.26. The number of benzene rings is 1. The summed E-state index contributed by atoms with van der Waals surface area (Å²) in [5.74, 6) is 1.48. The Labute approximate surface area is 108 Å². The summed E-state index contributed by atoms with van der Waals surface area (Å²) in [7, 11) is 0. The van der Waals surface area contributed by atoms with Crippen LogP contribution in [-0.4, -0.2) is 11.5 Å². The summed E-state index contributed by atoms with van der Waals surface area (Å²) in [5.41, 5.74) is 2.27. The minimum atomic E-state index is 0.629. The van der Waals surface area contributed by atoms with Crippen LogP contribution in [0.3, 0.4) is 0 Å². The molecule has 0 atom stereocenters. The van der Waals surface area contributed by atoms with Crippen LogP contribution >= 0.6 is 0 Å². The van der Waals surface area contributed by atoms with Gasteiger partial charge >= 0.3 is 0 Å². The number of para-hydroxylation sites is 1. The average molecular weight is 242 g/mol. The van der Waals surface area contributed by atoms with Gasteiger partial charge in [0, 0.05) is 18.8 Å². The lowest BCUT2D eigenvalue weighted by Gasteiger charge is -2.08. The molecule has 0 aliphatic carbocycles. The number of pyridine rings is 1. The summed E-state index contributed by atoms with van der Waals surface area (Å²) in [4.78, 5) is 4.31. The minimum absolute atomic E-state index is 0.629. The Bertz CT molecular complexity index is 494. The van der Waals surface area contributed by atoms with Gasteiger partial charge in [0.2, 0.25) is 5.88 Å². The molecule has 0 saturated carbocycles. The van der Waals surface area contributed by atoms with E-state index < -0.39 is 0 Å². The van der Waals surface area contributed by atoms with Crippen LogP contribution in [-0.2, 0) is 6.54 Å². The Kier molecular flexibility index (Phi) is 4.31. The van der Waals surface area contributed by atoms with Crippen LogP contribution in [0.5, 0.6) is 11.6 Å². The van der Waals surface area contributed by atoms with Crippen molar-refractivity contribution < 1.29 is 4.74 Å². The molecule has 0 amide bonds. The standard InChI is InChI=1S/C15H18N2O/c1-3-16-10-13-8-9-15(17-11-13)18-14-7-5-4-6-12(14)2/h4-9,11,16H,3,10H2,1-2H3. The maximum atomic E-state index is 5.74. The molecule has 0 unspecified atom stereocenters. The fourth-order valence-electron chi connectivity index (χ4n) is 1.63. The highest BCUT2D eigenvalue weighted by Crippen LogP contribution is 2.22. The third-order valence-electron chi connectivity index (χ3n) is 2.68. The molecule has 1 aromatic carbocycles. The summed E-state index contributed by atoms with van der Waals surface area (Å²) in [6.45, 7) is 5.91. The van der Waals surface area contributed by atoms with Crippen molar-refractivity contribution in [3.05, 3.63) is 53.7 Å². The van der Waals surface area contributed by atoms with E-state index in [2.05, 4.69) is 17.2 Å². The van der Waals surface area contributed by atoms with Crippen molar-refractivity contribution in [3.8, 4) is 11.6 Å². The molecule has 0 saturated heterocycles. The molecule has 2 rings (SSSR count). The van der Waals surface area contributed by atoms with Crippen LogP contribution in [0.4, 0.5) is 0 Å². The molecule has 0 bridgehead atoms. The first-order valence-electron chi connectivity index (χ1n) is 6.18. The molecule has 1 aromatic heterocycles. The van der Waals surface area contributed by atoms with Crippen molar-refractivity contribution in [3.63, 3.8) is 0 Å². The fourth-order valence-corrected chi connectivity index (χ4v) is 1.63. The van der Waals surface area contributed by atoms with Crippen molar-refractivity contribution in [2.75, 3.05) is 6.54 Å². The lowest BCUT2D eigenvalue weighted by atomic mass is 10.2. The molecule has 2 aromatic rings. The first-order chi connectivity index (χ1) is 8.79. The molecular formula is C15H18N2O. The quantitative estimate of drug-likeness (QED) is 0.873. The van der Waals surface area contributed by atoms with E-state index in [1.54, 1.807) is 0 Å². The number of hydrogen-bond donors (Lipinski definition) is 1. The monoisotopic (exact) mass is 242 g/mol. The highest BCUT2D eigenvalue weighted by molar-refractivity contribution is 5.35. The molecule has 94 valence electrons. The van der Waals surface area contributed by atoms with E-state index in [0.29, 0.717) is 5.88 Å². The normalized spacial score (nSPS) is 10.3. The molecule has 0 radical (unpaired) electrons. The third kappa shape index (κ3) is 3.31. The maximum absolute atomic E-state index is 5.74. The first-order valence-corrected chi connectivity index (χ1v) is 6.18. The van der Waals surface area contributed by atoms with Crippen LogP contribution in [0.15, 0.2) is 42.6 Å². The van der Waals surface area contributed by atoms with Gasteiger partial charge in [0.25, 0.3) is 0 Å². The summed E-state index contributed by atoms with van der Waals surface area (Å²) in [6.07, 6.45) is 1.84. The van der Waals surface area contributed by atoms with E-state index in [4.69, 9.17) is 4.74 Å². The smallest absolute Gasteiger partial charge is 0.219 e. The zero-order valence-electron chi connectivity index (χ0n) is 10.8. The van der Waals surface area contributed by atoms with Crippen LogP contribution in [0, 0.1) is 6.92 Å². The van der Waals surface area contributed by atoms with Gasteiger partial charge in [-0.25, -0.2) is 4.98 Å². The van der Waals surface area contributed by atoms with Crippen molar-refractivity contribution in [2.24, 2.45) is 0 Å². The van der Waals surface area contributed by atoms with Gasteiger partial charge in [-0.15, -0.1) is 0 Å². The number of aromatic nitrogens is 1. The Hall–Kier alpha value is -1.87. The SMILES string of the molecule is CCNCc1ccc(Oc2ccccc2C)nc1.